The molecule has 0 unspecified atom stereocenters. The normalized spacial score (nSPS) is 18.8. The van der Waals surface area contributed by atoms with Crippen molar-refractivity contribution in [2.24, 2.45) is 5.92 Å². The van der Waals surface area contributed by atoms with Gasteiger partial charge in [-0.1, -0.05) is 36.8 Å². The third-order valence-electron chi connectivity index (χ3n) is 6.05. The quantitative estimate of drug-likeness (QED) is 0.798. The number of benzene rings is 1. The molecule has 4 rings (SSSR count). The minimum absolute atomic E-state index is 0.0228. The number of piperazine rings is 1. The van der Waals surface area contributed by atoms with E-state index in [2.05, 4.69) is 35.3 Å². The van der Waals surface area contributed by atoms with Gasteiger partial charge in [0.2, 0.25) is 11.8 Å². The van der Waals surface area contributed by atoms with Crippen LogP contribution in [0.2, 0.25) is 0 Å². The van der Waals surface area contributed by atoms with Crippen LogP contribution in [0.15, 0.2) is 24.3 Å². The molecule has 1 fully saturated rings. The van der Waals surface area contributed by atoms with Gasteiger partial charge in [-0.2, -0.15) is 0 Å². The van der Waals surface area contributed by atoms with E-state index in [-0.39, 0.29) is 17.7 Å². The topological polar surface area (TPSA) is 65.5 Å². The molecule has 0 spiro atoms. The standard InChI is InChI=1S/C23H30N4O2S/c1-3-21(28)26-9-11-27(12-10-26)23-25-19-8-7-18(14-20(19)30-23)22(29)24-15-17-6-4-5-16(2)13-17/h4-6,13,18H,3,7-12,14-15H2,1-2H3,(H,24,29)/t18-/m0/s1. The zero-order valence-electron chi connectivity index (χ0n) is 17.8. The van der Waals surface area contributed by atoms with E-state index in [4.69, 9.17) is 4.98 Å². The minimum Gasteiger partial charge on any atom is -0.352 e. The Bertz CT molecular complexity index is 918. The van der Waals surface area contributed by atoms with Gasteiger partial charge < -0.3 is 15.1 Å². The summed E-state index contributed by atoms with van der Waals surface area (Å²) in [6.07, 6.45) is 3.07. The van der Waals surface area contributed by atoms with Crippen LogP contribution in [0.25, 0.3) is 0 Å². The van der Waals surface area contributed by atoms with Gasteiger partial charge in [0.1, 0.15) is 0 Å². The summed E-state index contributed by atoms with van der Waals surface area (Å²) in [7, 11) is 0. The summed E-state index contributed by atoms with van der Waals surface area (Å²) in [4.78, 5) is 35.0. The second kappa shape index (κ2) is 9.16. The number of aromatic nitrogens is 1. The van der Waals surface area contributed by atoms with Crippen LogP contribution in [0, 0.1) is 12.8 Å². The smallest absolute Gasteiger partial charge is 0.223 e. The highest BCUT2D eigenvalue weighted by molar-refractivity contribution is 7.15. The number of rotatable bonds is 5. The predicted molar refractivity (Wildman–Crippen MR) is 120 cm³/mol. The van der Waals surface area contributed by atoms with Crippen molar-refractivity contribution in [2.75, 3.05) is 31.1 Å². The maximum absolute atomic E-state index is 12.7. The molecular weight excluding hydrogens is 396 g/mol. The van der Waals surface area contributed by atoms with Crippen LogP contribution in [-0.4, -0.2) is 47.9 Å². The highest BCUT2D eigenvalue weighted by Crippen LogP contribution is 2.34. The number of carbonyl (C=O) groups is 2. The van der Waals surface area contributed by atoms with Crippen LogP contribution in [-0.2, 0) is 29.0 Å². The largest absolute Gasteiger partial charge is 0.352 e. The molecule has 0 saturated carbocycles. The first-order valence-corrected chi connectivity index (χ1v) is 11.7. The Kier molecular flexibility index (Phi) is 6.37. The van der Waals surface area contributed by atoms with Crippen LogP contribution in [0.1, 0.15) is 41.5 Å². The molecule has 1 aliphatic heterocycles. The predicted octanol–water partition coefficient (Wildman–Crippen LogP) is 2.93. The number of hydrogen-bond acceptors (Lipinski definition) is 5. The lowest BCUT2D eigenvalue weighted by atomic mass is 9.90. The molecule has 1 aromatic heterocycles. The monoisotopic (exact) mass is 426 g/mol. The van der Waals surface area contributed by atoms with Gasteiger partial charge in [-0.25, -0.2) is 4.98 Å². The third kappa shape index (κ3) is 4.67. The molecule has 1 saturated heterocycles. The van der Waals surface area contributed by atoms with Crippen molar-refractivity contribution in [3.8, 4) is 0 Å². The van der Waals surface area contributed by atoms with E-state index in [1.54, 1.807) is 11.3 Å². The maximum Gasteiger partial charge on any atom is 0.223 e. The van der Waals surface area contributed by atoms with Crippen molar-refractivity contribution < 1.29 is 9.59 Å². The number of hydrogen-bond donors (Lipinski definition) is 1. The van der Waals surface area contributed by atoms with Crippen LogP contribution in [0.3, 0.4) is 0 Å². The van der Waals surface area contributed by atoms with Crippen LogP contribution >= 0.6 is 11.3 Å². The first-order chi connectivity index (χ1) is 14.5. The summed E-state index contributed by atoms with van der Waals surface area (Å²) in [5, 5.41) is 4.16. The average Bonchev–Trinajstić information content (AvgIpc) is 3.20. The van der Waals surface area contributed by atoms with E-state index in [1.807, 2.05) is 17.9 Å². The summed E-state index contributed by atoms with van der Waals surface area (Å²) in [6.45, 7) is 7.76. The number of nitrogens with one attached hydrogen (secondary N) is 1. The molecule has 0 radical (unpaired) electrons. The summed E-state index contributed by atoms with van der Waals surface area (Å²) in [5.41, 5.74) is 3.51. The van der Waals surface area contributed by atoms with E-state index in [0.29, 0.717) is 13.0 Å². The highest BCUT2D eigenvalue weighted by atomic mass is 32.1. The average molecular weight is 427 g/mol. The lowest BCUT2D eigenvalue weighted by Crippen LogP contribution is -2.48. The number of anilines is 1. The van der Waals surface area contributed by atoms with E-state index in [0.717, 1.165) is 61.8 Å². The Morgan fingerprint density at radius 1 is 1.23 bits per heavy atom. The lowest BCUT2D eigenvalue weighted by molar-refractivity contribution is -0.131. The molecule has 6 nitrogen and oxygen atoms in total. The van der Waals surface area contributed by atoms with Crippen molar-refractivity contribution in [3.63, 3.8) is 0 Å². The Labute approximate surface area is 182 Å². The van der Waals surface area contributed by atoms with Gasteiger partial charge in [-0.3, -0.25) is 9.59 Å². The Hall–Kier alpha value is -2.41. The number of thiazole rings is 1. The van der Waals surface area contributed by atoms with Gasteiger partial charge in [0.15, 0.2) is 5.13 Å². The molecule has 2 heterocycles. The summed E-state index contributed by atoms with van der Waals surface area (Å²) in [5.74, 6) is 0.394. The van der Waals surface area contributed by atoms with E-state index < -0.39 is 0 Å². The van der Waals surface area contributed by atoms with Crippen molar-refractivity contribution >= 4 is 28.3 Å². The van der Waals surface area contributed by atoms with Crippen molar-refractivity contribution in [3.05, 3.63) is 46.0 Å². The molecule has 30 heavy (non-hydrogen) atoms. The highest BCUT2D eigenvalue weighted by Gasteiger charge is 2.29. The van der Waals surface area contributed by atoms with Crippen LogP contribution in [0.4, 0.5) is 5.13 Å². The van der Waals surface area contributed by atoms with Gasteiger partial charge in [0.05, 0.1) is 5.69 Å². The number of carbonyl (C=O) groups excluding carboxylic acids is 2. The van der Waals surface area contributed by atoms with Gasteiger partial charge in [0, 0.05) is 49.9 Å². The van der Waals surface area contributed by atoms with Crippen LogP contribution < -0.4 is 10.2 Å². The van der Waals surface area contributed by atoms with Gasteiger partial charge in [-0.15, -0.1) is 11.3 Å². The molecule has 160 valence electrons. The summed E-state index contributed by atoms with van der Waals surface area (Å²) < 4.78 is 0. The molecule has 7 heteroatoms. The van der Waals surface area contributed by atoms with E-state index >= 15 is 0 Å². The van der Waals surface area contributed by atoms with Gasteiger partial charge >= 0.3 is 0 Å². The van der Waals surface area contributed by atoms with E-state index in [1.165, 1.54) is 10.4 Å². The molecule has 2 aromatic rings. The SMILES string of the molecule is CCC(=O)N1CCN(c2nc3c(s2)C[C@@H](C(=O)NCc2cccc(C)c2)CC3)CC1. The molecule has 1 N–H and O–H groups in total. The Balaban J connectivity index is 1.33. The fourth-order valence-corrected chi connectivity index (χ4v) is 5.48. The van der Waals surface area contributed by atoms with Crippen molar-refractivity contribution in [2.45, 2.75) is 46.1 Å². The summed E-state index contributed by atoms with van der Waals surface area (Å²) in [6, 6.07) is 8.26. The molecular formula is C23H30N4O2S. The van der Waals surface area contributed by atoms with E-state index in [9.17, 15) is 9.59 Å². The molecule has 1 atom stereocenters. The maximum atomic E-state index is 12.7. The fourth-order valence-electron chi connectivity index (χ4n) is 4.25. The van der Waals surface area contributed by atoms with Gasteiger partial charge in [-0.05, 0) is 31.7 Å². The second-order valence-electron chi connectivity index (χ2n) is 8.23. The zero-order chi connectivity index (χ0) is 21.1. The van der Waals surface area contributed by atoms with Gasteiger partial charge in [0.25, 0.3) is 0 Å². The molecule has 2 amide bonds. The van der Waals surface area contributed by atoms with Crippen molar-refractivity contribution in [1.82, 2.24) is 15.2 Å². The zero-order valence-corrected chi connectivity index (χ0v) is 18.6. The third-order valence-corrected chi connectivity index (χ3v) is 7.23. The Morgan fingerprint density at radius 3 is 2.77 bits per heavy atom. The number of aryl methyl sites for hydroxylation is 2. The molecule has 2 aliphatic rings. The number of nitrogens with zero attached hydrogens (tertiary/aromatic N) is 3. The molecule has 0 bridgehead atoms. The first kappa shape index (κ1) is 20.8. The molecule has 1 aliphatic carbocycles. The van der Waals surface area contributed by atoms with Crippen molar-refractivity contribution in [1.29, 1.82) is 0 Å². The Morgan fingerprint density at radius 2 is 2.03 bits per heavy atom. The fraction of sp³-hybridized carbons (Fsp3) is 0.522. The second-order valence-corrected chi connectivity index (χ2v) is 9.30. The lowest BCUT2D eigenvalue weighted by Gasteiger charge is -2.34. The summed E-state index contributed by atoms with van der Waals surface area (Å²) >= 11 is 1.73. The number of amides is 2. The first-order valence-electron chi connectivity index (χ1n) is 10.9. The minimum atomic E-state index is 0.0228. The number of fused-ring (bicyclic) bond motifs is 1. The van der Waals surface area contributed by atoms with Crippen LogP contribution in [0.5, 0.6) is 0 Å². The molecule has 1 aromatic carbocycles.